The minimum Gasteiger partial charge on any atom is -0.497 e. The third-order valence-corrected chi connectivity index (χ3v) is 4.73. The molecule has 166 valence electrons. The third-order valence-electron chi connectivity index (χ3n) is 4.73. The van der Waals surface area contributed by atoms with Gasteiger partial charge in [-0.1, -0.05) is 12.1 Å². The summed E-state index contributed by atoms with van der Waals surface area (Å²) in [4.78, 5) is 0. The van der Waals surface area contributed by atoms with E-state index in [9.17, 15) is 33.6 Å². The van der Waals surface area contributed by atoms with Gasteiger partial charge in [0.2, 0.25) is 12.2 Å². The molecular weight excluding hydrogens is 413 g/mol. The van der Waals surface area contributed by atoms with Crippen molar-refractivity contribution in [2.75, 3.05) is 13.7 Å². The van der Waals surface area contributed by atoms with Crippen molar-refractivity contribution in [2.24, 2.45) is 0 Å². The Kier molecular flexibility index (Phi) is 6.53. The predicted octanol–water partition coefficient (Wildman–Crippen LogP) is 0.207. The molecule has 9 nitrogen and oxygen atoms in total. The van der Waals surface area contributed by atoms with Crippen molar-refractivity contribution >= 4 is 0 Å². The van der Waals surface area contributed by atoms with Gasteiger partial charge in [-0.05, 0) is 17.7 Å². The predicted molar refractivity (Wildman–Crippen MR) is 93.8 cm³/mol. The van der Waals surface area contributed by atoms with Gasteiger partial charge in [0.25, 0.3) is 0 Å². The van der Waals surface area contributed by atoms with Gasteiger partial charge in [0.05, 0.1) is 19.3 Å². The van der Waals surface area contributed by atoms with E-state index in [1.54, 1.807) is 24.3 Å². The normalized spacial score (nSPS) is 27.1. The van der Waals surface area contributed by atoms with Gasteiger partial charge < -0.3 is 34.6 Å². The van der Waals surface area contributed by atoms with Crippen LogP contribution in [0.5, 0.6) is 11.6 Å². The Balaban J connectivity index is 1.89. The number of nitrogens with one attached hydrogen (secondary N) is 1. The summed E-state index contributed by atoms with van der Waals surface area (Å²) in [7, 11) is 1.46. The lowest BCUT2D eigenvalue weighted by atomic mass is 9.99. The highest BCUT2D eigenvalue weighted by Crippen LogP contribution is 2.36. The number of methoxy groups -OCH3 is 1. The molecule has 0 aliphatic carbocycles. The highest BCUT2D eigenvalue weighted by molar-refractivity contribution is 5.39. The minimum absolute atomic E-state index is 0.220. The second-order valence-corrected chi connectivity index (χ2v) is 6.72. The standard InChI is InChI=1S/C18H21F3N2O7/c1-28-9-4-2-8(3-5-9)6-10-15(18(19,20)21)22-23-16(10)30-17-14(27)13(26)12(25)11(7-24)29-17/h2-5,11-14,17,24-27H,6-7H2,1H3,(H,22,23)/t11-,12-,13+,14-,17?/m1/s1. The van der Waals surface area contributed by atoms with E-state index in [2.05, 4.69) is 5.10 Å². The molecule has 0 bridgehead atoms. The van der Waals surface area contributed by atoms with Crippen LogP contribution < -0.4 is 9.47 Å². The number of halogens is 3. The molecule has 5 N–H and O–H groups in total. The monoisotopic (exact) mass is 434 g/mol. The molecule has 1 aromatic carbocycles. The zero-order chi connectivity index (χ0) is 22.1. The van der Waals surface area contributed by atoms with Crippen LogP contribution in [0.1, 0.15) is 16.8 Å². The number of alkyl halides is 3. The summed E-state index contributed by atoms with van der Waals surface area (Å²) in [6.45, 7) is -0.710. The molecule has 30 heavy (non-hydrogen) atoms. The number of aliphatic hydroxyl groups excluding tert-OH is 4. The maximum atomic E-state index is 13.4. The number of aliphatic hydroxyl groups is 4. The molecule has 1 aromatic heterocycles. The van der Waals surface area contributed by atoms with Crippen LogP contribution in [0.25, 0.3) is 0 Å². The molecule has 1 unspecified atom stereocenters. The Hall–Kier alpha value is -2.38. The summed E-state index contributed by atoms with van der Waals surface area (Å²) in [5.41, 5.74) is -0.983. The van der Waals surface area contributed by atoms with Crippen LogP contribution in [-0.4, -0.2) is 75.0 Å². The molecule has 0 spiro atoms. The number of rotatable bonds is 6. The van der Waals surface area contributed by atoms with E-state index >= 15 is 0 Å². The molecule has 3 rings (SSSR count). The van der Waals surface area contributed by atoms with Crippen LogP contribution in [0, 0.1) is 0 Å². The average molecular weight is 434 g/mol. The largest absolute Gasteiger partial charge is 0.497 e. The van der Waals surface area contributed by atoms with Crippen molar-refractivity contribution in [1.29, 1.82) is 0 Å². The van der Waals surface area contributed by atoms with Crippen molar-refractivity contribution in [3.63, 3.8) is 0 Å². The first-order chi connectivity index (χ1) is 14.2. The van der Waals surface area contributed by atoms with Gasteiger partial charge in [-0.2, -0.15) is 13.2 Å². The van der Waals surface area contributed by atoms with Crippen LogP contribution in [0.3, 0.4) is 0 Å². The second-order valence-electron chi connectivity index (χ2n) is 6.72. The third kappa shape index (κ3) is 4.52. The summed E-state index contributed by atoms with van der Waals surface area (Å²) < 4.78 is 55.8. The van der Waals surface area contributed by atoms with Crippen LogP contribution in [0.2, 0.25) is 0 Å². The molecule has 12 heteroatoms. The van der Waals surface area contributed by atoms with Gasteiger partial charge in [0, 0.05) is 6.42 Å². The number of aromatic amines is 1. The second kappa shape index (κ2) is 8.78. The van der Waals surface area contributed by atoms with Gasteiger partial charge >= 0.3 is 6.18 Å². The highest BCUT2D eigenvalue weighted by Gasteiger charge is 2.46. The van der Waals surface area contributed by atoms with E-state index in [1.807, 2.05) is 5.10 Å². The van der Waals surface area contributed by atoms with Gasteiger partial charge in [0.1, 0.15) is 35.9 Å². The number of H-pyrrole nitrogens is 1. The topological polar surface area (TPSA) is 137 Å². The molecule has 2 aromatic rings. The number of hydrogen-bond donors (Lipinski definition) is 5. The van der Waals surface area contributed by atoms with Crippen molar-refractivity contribution in [3.8, 4) is 11.6 Å². The number of ether oxygens (including phenoxy) is 3. The molecule has 0 saturated carbocycles. The smallest absolute Gasteiger partial charge is 0.433 e. The summed E-state index contributed by atoms with van der Waals surface area (Å²) >= 11 is 0. The van der Waals surface area contributed by atoms with Crippen LogP contribution in [0.15, 0.2) is 24.3 Å². The van der Waals surface area contributed by atoms with Crippen LogP contribution in [-0.2, 0) is 17.3 Å². The lowest BCUT2D eigenvalue weighted by Gasteiger charge is -2.39. The van der Waals surface area contributed by atoms with Gasteiger partial charge in [0.15, 0.2) is 0 Å². The van der Waals surface area contributed by atoms with Gasteiger partial charge in [-0.15, -0.1) is 5.10 Å². The van der Waals surface area contributed by atoms with Crippen molar-refractivity contribution < 1.29 is 47.8 Å². The zero-order valence-corrected chi connectivity index (χ0v) is 15.7. The molecule has 0 radical (unpaired) electrons. The van der Waals surface area contributed by atoms with E-state index in [4.69, 9.17) is 14.2 Å². The van der Waals surface area contributed by atoms with Gasteiger partial charge in [-0.25, -0.2) is 0 Å². The fourth-order valence-electron chi connectivity index (χ4n) is 3.07. The Morgan fingerprint density at radius 3 is 2.33 bits per heavy atom. The molecular formula is C18H21F3N2O7. The number of benzene rings is 1. The summed E-state index contributed by atoms with van der Waals surface area (Å²) in [6, 6.07) is 6.31. The SMILES string of the molecule is COc1ccc(Cc2c(OC3O[C@H](CO)[C@@H](O)[C@H](O)[C@H]3O)n[nH]c2C(F)(F)F)cc1. The maximum absolute atomic E-state index is 13.4. The summed E-state index contributed by atoms with van der Waals surface area (Å²) in [5, 5.41) is 44.4. The molecule has 1 fully saturated rings. The molecule has 1 saturated heterocycles. The van der Waals surface area contributed by atoms with E-state index in [0.717, 1.165) is 0 Å². The molecule has 5 atom stereocenters. The van der Waals surface area contributed by atoms with Crippen molar-refractivity contribution in [2.45, 2.75) is 43.3 Å². The average Bonchev–Trinajstić information content (AvgIpc) is 3.11. The number of hydrogen-bond acceptors (Lipinski definition) is 8. The molecule has 1 aliphatic rings. The Labute approximate surface area is 168 Å². The molecule has 1 aliphatic heterocycles. The maximum Gasteiger partial charge on any atom is 0.433 e. The fourth-order valence-corrected chi connectivity index (χ4v) is 3.07. The summed E-state index contributed by atoms with van der Waals surface area (Å²) in [6.07, 6.45) is -13.1. The van der Waals surface area contributed by atoms with Crippen molar-refractivity contribution in [3.05, 3.63) is 41.1 Å². The fraction of sp³-hybridized carbons (Fsp3) is 0.500. The Morgan fingerprint density at radius 1 is 1.10 bits per heavy atom. The Bertz CT molecular complexity index is 841. The molecule has 2 heterocycles. The molecule has 0 amide bonds. The van der Waals surface area contributed by atoms with Gasteiger partial charge in [-0.3, -0.25) is 5.10 Å². The zero-order valence-electron chi connectivity index (χ0n) is 15.7. The quantitative estimate of drug-likeness (QED) is 0.435. The van der Waals surface area contributed by atoms with Crippen molar-refractivity contribution in [1.82, 2.24) is 10.2 Å². The summed E-state index contributed by atoms with van der Waals surface area (Å²) in [5.74, 6) is 0.0299. The highest BCUT2D eigenvalue weighted by atomic mass is 19.4. The first-order valence-electron chi connectivity index (χ1n) is 8.90. The number of nitrogens with zero attached hydrogens (tertiary/aromatic N) is 1. The van der Waals surface area contributed by atoms with E-state index in [0.29, 0.717) is 11.3 Å². The van der Waals surface area contributed by atoms with Crippen LogP contribution >= 0.6 is 0 Å². The van der Waals surface area contributed by atoms with E-state index in [1.165, 1.54) is 7.11 Å². The van der Waals surface area contributed by atoms with Crippen LogP contribution in [0.4, 0.5) is 13.2 Å². The Morgan fingerprint density at radius 2 is 1.77 bits per heavy atom. The van der Waals surface area contributed by atoms with E-state index in [-0.39, 0.29) is 12.0 Å². The minimum atomic E-state index is -4.76. The lowest BCUT2D eigenvalue weighted by molar-refractivity contribution is -0.278. The van der Waals surface area contributed by atoms with E-state index < -0.39 is 55.1 Å². The first-order valence-corrected chi connectivity index (χ1v) is 8.90. The number of aromatic nitrogens is 2. The lowest BCUT2D eigenvalue weighted by Crippen LogP contribution is -2.60. The first kappa shape index (κ1) is 22.3.